The predicted molar refractivity (Wildman–Crippen MR) is 108 cm³/mol. The van der Waals surface area contributed by atoms with E-state index in [4.69, 9.17) is 0 Å². The van der Waals surface area contributed by atoms with Gasteiger partial charge in [-0.15, -0.1) is 0 Å². The standard InChI is InChI=1S/C21H24FN5O2/c1-12-9-24-27(11-14-3-4-14)20(12)26-21(29)19(25-13(2)28)7-15-10-23-18-8-16(22)5-6-17(15)18/h5-6,8-10,14,19,23H,3-4,7,11H2,1-2H3,(H,25,28)(H,26,29). The second-order valence-electron chi connectivity index (χ2n) is 7.75. The van der Waals surface area contributed by atoms with E-state index in [-0.39, 0.29) is 24.1 Å². The van der Waals surface area contributed by atoms with Crippen LogP contribution in [0.5, 0.6) is 0 Å². The molecule has 152 valence electrons. The van der Waals surface area contributed by atoms with Crippen molar-refractivity contribution in [1.29, 1.82) is 0 Å². The first-order valence-electron chi connectivity index (χ1n) is 9.76. The highest BCUT2D eigenvalue weighted by atomic mass is 19.1. The molecule has 1 fully saturated rings. The van der Waals surface area contributed by atoms with Crippen molar-refractivity contribution in [3.63, 3.8) is 0 Å². The van der Waals surface area contributed by atoms with Gasteiger partial charge in [0.2, 0.25) is 11.8 Å². The van der Waals surface area contributed by atoms with Crippen molar-refractivity contribution in [1.82, 2.24) is 20.1 Å². The van der Waals surface area contributed by atoms with Crippen LogP contribution in [0.3, 0.4) is 0 Å². The summed E-state index contributed by atoms with van der Waals surface area (Å²) in [5.41, 5.74) is 2.36. The molecule has 0 bridgehead atoms. The topological polar surface area (TPSA) is 91.8 Å². The van der Waals surface area contributed by atoms with Gasteiger partial charge in [-0.1, -0.05) is 0 Å². The summed E-state index contributed by atoms with van der Waals surface area (Å²) >= 11 is 0. The Bertz CT molecular complexity index is 1070. The molecule has 1 aromatic carbocycles. The lowest BCUT2D eigenvalue weighted by Gasteiger charge is -2.18. The van der Waals surface area contributed by atoms with Gasteiger partial charge in [0.25, 0.3) is 0 Å². The number of fused-ring (bicyclic) bond motifs is 1. The fraction of sp³-hybridized carbons (Fsp3) is 0.381. The van der Waals surface area contributed by atoms with Crippen LogP contribution in [0.25, 0.3) is 10.9 Å². The van der Waals surface area contributed by atoms with Crippen LogP contribution in [-0.2, 0) is 22.6 Å². The summed E-state index contributed by atoms with van der Waals surface area (Å²) in [4.78, 5) is 27.8. The minimum absolute atomic E-state index is 0.285. The number of aromatic nitrogens is 3. The van der Waals surface area contributed by atoms with Crippen LogP contribution < -0.4 is 10.6 Å². The minimum Gasteiger partial charge on any atom is -0.361 e. The lowest BCUT2D eigenvalue weighted by molar-refractivity contribution is -0.125. The number of hydrogen-bond donors (Lipinski definition) is 3. The van der Waals surface area contributed by atoms with Crippen molar-refractivity contribution in [3.05, 3.63) is 47.5 Å². The zero-order valence-electron chi connectivity index (χ0n) is 16.5. The van der Waals surface area contributed by atoms with Gasteiger partial charge < -0.3 is 15.6 Å². The fourth-order valence-corrected chi connectivity index (χ4v) is 3.53. The minimum atomic E-state index is -0.764. The van der Waals surface area contributed by atoms with Gasteiger partial charge in [-0.25, -0.2) is 9.07 Å². The van der Waals surface area contributed by atoms with Gasteiger partial charge in [-0.3, -0.25) is 9.59 Å². The second kappa shape index (κ2) is 7.69. The largest absolute Gasteiger partial charge is 0.361 e. The Kier molecular flexibility index (Phi) is 5.08. The molecule has 1 saturated carbocycles. The van der Waals surface area contributed by atoms with E-state index in [0.717, 1.165) is 23.1 Å². The molecular weight excluding hydrogens is 373 g/mol. The van der Waals surface area contributed by atoms with Gasteiger partial charge >= 0.3 is 0 Å². The van der Waals surface area contributed by atoms with E-state index in [1.165, 1.54) is 31.9 Å². The number of rotatable bonds is 7. The molecule has 1 unspecified atom stereocenters. The van der Waals surface area contributed by atoms with Gasteiger partial charge in [0.15, 0.2) is 0 Å². The highest BCUT2D eigenvalue weighted by Gasteiger charge is 2.26. The maximum Gasteiger partial charge on any atom is 0.248 e. The number of aryl methyl sites for hydroxylation is 1. The average Bonchev–Trinajstić information content (AvgIpc) is 3.32. The van der Waals surface area contributed by atoms with Crippen molar-refractivity contribution in [2.75, 3.05) is 5.32 Å². The molecule has 2 amide bonds. The predicted octanol–water partition coefficient (Wildman–Crippen LogP) is 2.91. The number of hydrogen-bond acceptors (Lipinski definition) is 3. The molecule has 3 N–H and O–H groups in total. The molecule has 8 heteroatoms. The van der Waals surface area contributed by atoms with Gasteiger partial charge in [-0.2, -0.15) is 5.10 Å². The molecule has 1 aliphatic carbocycles. The number of halogens is 1. The normalized spacial score (nSPS) is 14.7. The maximum absolute atomic E-state index is 13.4. The third-order valence-electron chi connectivity index (χ3n) is 5.24. The molecule has 4 rings (SSSR count). The molecule has 2 heterocycles. The highest BCUT2D eigenvalue weighted by Crippen LogP contribution is 2.32. The van der Waals surface area contributed by atoms with E-state index in [9.17, 15) is 14.0 Å². The van der Waals surface area contributed by atoms with Crippen molar-refractivity contribution in [3.8, 4) is 0 Å². The zero-order chi connectivity index (χ0) is 20.5. The number of carbonyl (C=O) groups excluding carboxylic acids is 2. The Morgan fingerprint density at radius 1 is 1.38 bits per heavy atom. The molecule has 1 atom stereocenters. The SMILES string of the molecule is CC(=O)NC(Cc1c[nH]c2cc(F)ccc12)C(=O)Nc1c(C)cnn1CC1CC1. The van der Waals surface area contributed by atoms with Crippen LogP contribution >= 0.6 is 0 Å². The number of nitrogens with one attached hydrogen (secondary N) is 3. The summed E-state index contributed by atoms with van der Waals surface area (Å²) in [7, 11) is 0. The summed E-state index contributed by atoms with van der Waals surface area (Å²) in [6.07, 6.45) is 6.13. The number of anilines is 1. The van der Waals surface area contributed by atoms with E-state index >= 15 is 0 Å². The third-order valence-corrected chi connectivity index (χ3v) is 5.24. The van der Waals surface area contributed by atoms with Crippen LogP contribution in [0.4, 0.5) is 10.2 Å². The molecule has 3 aromatic rings. The van der Waals surface area contributed by atoms with Crippen molar-refractivity contribution < 1.29 is 14.0 Å². The second-order valence-corrected chi connectivity index (χ2v) is 7.75. The van der Waals surface area contributed by atoms with Gasteiger partial charge in [0, 0.05) is 42.6 Å². The van der Waals surface area contributed by atoms with Crippen molar-refractivity contribution in [2.24, 2.45) is 5.92 Å². The van der Waals surface area contributed by atoms with Crippen LogP contribution in [0.2, 0.25) is 0 Å². The molecule has 0 spiro atoms. The fourth-order valence-electron chi connectivity index (χ4n) is 3.53. The third kappa shape index (κ3) is 4.31. The van der Waals surface area contributed by atoms with Crippen LogP contribution in [0.15, 0.2) is 30.6 Å². The molecule has 1 aliphatic rings. The van der Waals surface area contributed by atoms with E-state index in [1.54, 1.807) is 18.5 Å². The molecule has 0 saturated heterocycles. The molecule has 7 nitrogen and oxygen atoms in total. The van der Waals surface area contributed by atoms with Crippen molar-refractivity contribution in [2.45, 2.75) is 45.7 Å². The number of nitrogens with zero attached hydrogens (tertiary/aromatic N) is 2. The summed E-state index contributed by atoms with van der Waals surface area (Å²) in [6.45, 7) is 4.06. The number of amides is 2. The lowest BCUT2D eigenvalue weighted by atomic mass is 10.0. The Labute approximate surface area is 167 Å². The summed E-state index contributed by atoms with van der Waals surface area (Å²) in [5, 5.41) is 10.9. The molecule has 0 aliphatic heterocycles. The van der Waals surface area contributed by atoms with E-state index in [2.05, 4.69) is 20.7 Å². The van der Waals surface area contributed by atoms with E-state index < -0.39 is 6.04 Å². The quantitative estimate of drug-likeness (QED) is 0.572. The summed E-state index contributed by atoms with van der Waals surface area (Å²) in [5.74, 6) is 0.346. The zero-order valence-corrected chi connectivity index (χ0v) is 16.5. The molecule has 0 radical (unpaired) electrons. The summed E-state index contributed by atoms with van der Waals surface area (Å²) in [6, 6.07) is 3.70. The van der Waals surface area contributed by atoms with E-state index in [0.29, 0.717) is 17.3 Å². The number of aromatic amines is 1. The molecule has 29 heavy (non-hydrogen) atoms. The van der Waals surface area contributed by atoms with Gasteiger partial charge in [-0.05, 0) is 49.4 Å². The Hall–Kier alpha value is -3.16. The summed E-state index contributed by atoms with van der Waals surface area (Å²) < 4.78 is 15.3. The first-order chi connectivity index (χ1) is 13.9. The highest BCUT2D eigenvalue weighted by molar-refractivity contribution is 5.97. The van der Waals surface area contributed by atoms with Gasteiger partial charge in [0.05, 0.1) is 6.20 Å². The van der Waals surface area contributed by atoms with Crippen LogP contribution in [-0.4, -0.2) is 32.6 Å². The Morgan fingerprint density at radius 2 is 2.17 bits per heavy atom. The first kappa shape index (κ1) is 19.2. The Morgan fingerprint density at radius 3 is 2.90 bits per heavy atom. The molecular formula is C21H24FN5O2. The number of H-pyrrole nitrogens is 1. The van der Waals surface area contributed by atoms with Crippen LogP contribution in [0.1, 0.15) is 30.9 Å². The first-order valence-corrected chi connectivity index (χ1v) is 9.76. The number of carbonyl (C=O) groups is 2. The van der Waals surface area contributed by atoms with E-state index in [1.807, 2.05) is 11.6 Å². The smallest absolute Gasteiger partial charge is 0.248 e. The number of benzene rings is 1. The Balaban J connectivity index is 1.55. The van der Waals surface area contributed by atoms with Gasteiger partial charge in [0.1, 0.15) is 17.7 Å². The average molecular weight is 397 g/mol. The monoisotopic (exact) mass is 397 g/mol. The van der Waals surface area contributed by atoms with Crippen molar-refractivity contribution >= 4 is 28.5 Å². The maximum atomic E-state index is 13.4. The van der Waals surface area contributed by atoms with Crippen LogP contribution in [0, 0.1) is 18.7 Å². The lowest BCUT2D eigenvalue weighted by Crippen LogP contribution is -2.44. The molecule has 2 aromatic heterocycles.